The van der Waals surface area contributed by atoms with Crippen LogP contribution in [-0.4, -0.2) is 16.1 Å². The van der Waals surface area contributed by atoms with Crippen molar-refractivity contribution in [1.82, 2.24) is 10.2 Å². The first kappa shape index (κ1) is 16.3. The van der Waals surface area contributed by atoms with E-state index in [1.165, 1.54) is 5.56 Å². The first-order valence-corrected chi connectivity index (χ1v) is 8.16. The van der Waals surface area contributed by atoms with Crippen molar-refractivity contribution in [3.05, 3.63) is 82.1 Å². The normalized spacial score (nSPS) is 10.6. The molecule has 0 aliphatic rings. The summed E-state index contributed by atoms with van der Waals surface area (Å²) in [6.07, 6.45) is 1.62. The van der Waals surface area contributed by atoms with Crippen molar-refractivity contribution in [3.63, 3.8) is 0 Å². The number of aryl methyl sites for hydroxylation is 3. The fraction of sp³-hybridized carbons (Fsp3) is 0.158. The maximum atomic E-state index is 12.4. The van der Waals surface area contributed by atoms with Crippen LogP contribution >= 0.6 is 11.6 Å². The van der Waals surface area contributed by atoms with E-state index >= 15 is 0 Å². The number of nitrogens with zero attached hydrogens (tertiary/aromatic N) is 1. The number of hydrogen-bond acceptors (Lipinski definition) is 2. The highest BCUT2D eigenvalue weighted by atomic mass is 35.5. The number of carbonyl (C=O) groups is 1. The highest BCUT2D eigenvalue weighted by Gasteiger charge is 2.14. The molecule has 0 unspecified atom stereocenters. The average molecular weight is 340 g/mol. The Bertz CT molecular complexity index is 826. The van der Waals surface area contributed by atoms with Gasteiger partial charge >= 0.3 is 0 Å². The molecule has 0 atom stereocenters. The molecule has 1 heterocycles. The van der Waals surface area contributed by atoms with Gasteiger partial charge in [-0.15, -0.1) is 0 Å². The topological polar surface area (TPSA) is 57.8 Å². The first-order chi connectivity index (χ1) is 11.6. The van der Waals surface area contributed by atoms with Crippen molar-refractivity contribution in [1.29, 1.82) is 0 Å². The molecule has 24 heavy (non-hydrogen) atoms. The quantitative estimate of drug-likeness (QED) is 0.723. The van der Waals surface area contributed by atoms with Gasteiger partial charge in [-0.05, 0) is 49.6 Å². The van der Waals surface area contributed by atoms with Crippen LogP contribution in [0.15, 0.2) is 54.6 Å². The molecule has 2 N–H and O–H groups in total. The Morgan fingerprint density at radius 1 is 1.08 bits per heavy atom. The summed E-state index contributed by atoms with van der Waals surface area (Å²) in [6, 6.07) is 17.0. The Labute approximate surface area is 145 Å². The molecule has 0 bridgehead atoms. The highest BCUT2D eigenvalue weighted by molar-refractivity contribution is 6.30. The molecule has 0 fully saturated rings. The molecule has 0 spiro atoms. The van der Waals surface area contributed by atoms with Gasteiger partial charge in [-0.1, -0.05) is 41.9 Å². The van der Waals surface area contributed by atoms with Crippen LogP contribution in [0, 0.1) is 6.92 Å². The molecule has 2 aromatic carbocycles. The number of hydrogen-bond donors (Lipinski definition) is 2. The van der Waals surface area contributed by atoms with Crippen LogP contribution < -0.4 is 5.32 Å². The van der Waals surface area contributed by atoms with E-state index in [-0.39, 0.29) is 5.91 Å². The molecular weight excluding hydrogens is 322 g/mol. The van der Waals surface area contributed by atoms with Crippen molar-refractivity contribution >= 4 is 23.2 Å². The monoisotopic (exact) mass is 339 g/mol. The number of benzene rings is 2. The Balaban J connectivity index is 1.72. The van der Waals surface area contributed by atoms with Crippen LogP contribution in [0.25, 0.3) is 0 Å². The largest absolute Gasteiger partial charge is 0.319 e. The second-order valence-electron chi connectivity index (χ2n) is 5.62. The van der Waals surface area contributed by atoms with Gasteiger partial charge in [0.1, 0.15) is 0 Å². The lowest BCUT2D eigenvalue weighted by molar-refractivity contribution is 0.102. The molecule has 3 rings (SSSR count). The van der Waals surface area contributed by atoms with Gasteiger partial charge in [0.25, 0.3) is 5.91 Å². The van der Waals surface area contributed by atoms with Crippen LogP contribution in [0.5, 0.6) is 0 Å². The summed E-state index contributed by atoms with van der Waals surface area (Å²) in [5.41, 5.74) is 4.27. The summed E-state index contributed by atoms with van der Waals surface area (Å²) in [7, 11) is 0. The molecule has 0 radical (unpaired) electrons. The number of carbonyl (C=O) groups excluding carboxylic acids is 1. The number of anilines is 1. The lowest BCUT2D eigenvalue weighted by atomic mass is 10.1. The Kier molecular flexibility index (Phi) is 4.96. The molecule has 3 aromatic rings. The number of amides is 1. The van der Waals surface area contributed by atoms with Crippen molar-refractivity contribution in [2.24, 2.45) is 0 Å². The zero-order valence-electron chi connectivity index (χ0n) is 13.3. The van der Waals surface area contributed by atoms with E-state index in [4.69, 9.17) is 11.6 Å². The summed E-state index contributed by atoms with van der Waals surface area (Å²) in [6.45, 7) is 1.90. The number of halogens is 1. The van der Waals surface area contributed by atoms with Crippen molar-refractivity contribution in [3.8, 4) is 0 Å². The Hall–Kier alpha value is -2.59. The molecule has 0 saturated heterocycles. The third kappa shape index (κ3) is 3.84. The Morgan fingerprint density at radius 3 is 2.50 bits per heavy atom. The zero-order valence-corrected chi connectivity index (χ0v) is 14.1. The standard InChI is InChI=1S/C19H18ClN3O/c1-13-18(21-19(24)15-8-10-16(20)11-9-15)17(23-22-13)12-7-14-5-3-2-4-6-14/h2-6,8-11H,7,12H2,1H3,(H,21,24)(H,22,23). The van der Waals surface area contributed by atoms with Crippen molar-refractivity contribution in [2.75, 3.05) is 5.32 Å². The van der Waals surface area contributed by atoms with Crippen molar-refractivity contribution in [2.45, 2.75) is 19.8 Å². The smallest absolute Gasteiger partial charge is 0.255 e. The number of aromatic nitrogens is 2. The second kappa shape index (κ2) is 7.32. The number of H-pyrrole nitrogens is 1. The molecule has 4 nitrogen and oxygen atoms in total. The van der Waals surface area contributed by atoms with Crippen LogP contribution in [0.4, 0.5) is 5.69 Å². The van der Waals surface area contributed by atoms with Gasteiger partial charge in [0, 0.05) is 10.6 Å². The summed E-state index contributed by atoms with van der Waals surface area (Å²) in [5, 5.41) is 10.8. The minimum absolute atomic E-state index is 0.169. The molecule has 0 saturated carbocycles. The van der Waals surface area contributed by atoms with Gasteiger partial charge in [-0.3, -0.25) is 9.89 Å². The van der Waals surface area contributed by atoms with Crippen LogP contribution in [-0.2, 0) is 12.8 Å². The number of rotatable bonds is 5. The maximum Gasteiger partial charge on any atom is 0.255 e. The van der Waals surface area contributed by atoms with E-state index in [1.807, 2.05) is 25.1 Å². The SMILES string of the molecule is Cc1[nH]nc(CCc2ccccc2)c1NC(=O)c1ccc(Cl)cc1. The second-order valence-corrected chi connectivity index (χ2v) is 6.05. The third-order valence-corrected chi connectivity index (χ3v) is 4.11. The predicted octanol–water partition coefficient (Wildman–Crippen LogP) is 4.41. The Morgan fingerprint density at radius 2 is 1.79 bits per heavy atom. The lowest BCUT2D eigenvalue weighted by Crippen LogP contribution is -2.13. The maximum absolute atomic E-state index is 12.4. The van der Waals surface area contributed by atoms with Gasteiger partial charge in [-0.2, -0.15) is 5.10 Å². The van der Waals surface area contributed by atoms with E-state index in [0.29, 0.717) is 10.6 Å². The summed E-state index contributed by atoms with van der Waals surface area (Å²) < 4.78 is 0. The molecule has 1 amide bonds. The van der Waals surface area contributed by atoms with E-state index in [0.717, 1.165) is 29.9 Å². The van der Waals surface area contributed by atoms with Gasteiger partial charge in [-0.25, -0.2) is 0 Å². The molecule has 5 heteroatoms. The van der Waals surface area contributed by atoms with E-state index < -0.39 is 0 Å². The van der Waals surface area contributed by atoms with Gasteiger partial charge in [0.05, 0.1) is 17.1 Å². The zero-order chi connectivity index (χ0) is 16.9. The van der Waals surface area contributed by atoms with Gasteiger partial charge in [0.15, 0.2) is 0 Å². The predicted molar refractivity (Wildman–Crippen MR) is 96.6 cm³/mol. The molecule has 1 aromatic heterocycles. The lowest BCUT2D eigenvalue weighted by Gasteiger charge is -2.07. The number of aromatic amines is 1. The van der Waals surface area contributed by atoms with Gasteiger partial charge < -0.3 is 5.32 Å². The van der Waals surface area contributed by atoms with E-state index in [2.05, 4.69) is 27.6 Å². The minimum Gasteiger partial charge on any atom is -0.319 e. The molecule has 0 aliphatic carbocycles. The minimum atomic E-state index is -0.169. The summed E-state index contributed by atoms with van der Waals surface area (Å²) in [4.78, 5) is 12.4. The highest BCUT2D eigenvalue weighted by Crippen LogP contribution is 2.21. The summed E-state index contributed by atoms with van der Waals surface area (Å²) >= 11 is 5.86. The van der Waals surface area contributed by atoms with E-state index in [1.54, 1.807) is 24.3 Å². The summed E-state index contributed by atoms with van der Waals surface area (Å²) in [5.74, 6) is -0.169. The molecule has 122 valence electrons. The van der Waals surface area contributed by atoms with Crippen LogP contribution in [0.2, 0.25) is 5.02 Å². The van der Waals surface area contributed by atoms with Crippen LogP contribution in [0.3, 0.4) is 0 Å². The van der Waals surface area contributed by atoms with E-state index in [9.17, 15) is 4.79 Å². The van der Waals surface area contributed by atoms with Gasteiger partial charge in [0.2, 0.25) is 0 Å². The molecular formula is C19H18ClN3O. The fourth-order valence-corrected chi connectivity index (χ4v) is 2.65. The number of nitrogens with one attached hydrogen (secondary N) is 2. The fourth-order valence-electron chi connectivity index (χ4n) is 2.52. The third-order valence-electron chi connectivity index (χ3n) is 3.86. The van der Waals surface area contributed by atoms with Crippen LogP contribution in [0.1, 0.15) is 27.3 Å². The average Bonchev–Trinajstić information content (AvgIpc) is 2.94. The first-order valence-electron chi connectivity index (χ1n) is 7.78. The molecule has 0 aliphatic heterocycles. The van der Waals surface area contributed by atoms with Crippen molar-refractivity contribution < 1.29 is 4.79 Å².